The molecule has 0 aliphatic carbocycles. The number of thiol groups is 1. The van der Waals surface area contributed by atoms with Crippen molar-refractivity contribution in [1.82, 2.24) is 0 Å². The third-order valence-corrected chi connectivity index (χ3v) is 1.60. The summed E-state index contributed by atoms with van der Waals surface area (Å²) in [5, 5.41) is 9.22. The molecule has 0 spiro atoms. The summed E-state index contributed by atoms with van der Waals surface area (Å²) in [5.74, 6) is 0.289. The van der Waals surface area contributed by atoms with Crippen molar-refractivity contribution in [3.05, 3.63) is 35.7 Å². The minimum atomic E-state index is -0.355. The normalized spacial score (nSPS) is 10.8. The van der Waals surface area contributed by atoms with Crippen LogP contribution in [0.1, 0.15) is 5.56 Å². The topological polar surface area (TPSA) is 20.2 Å². The number of rotatable bonds is 2. The highest BCUT2D eigenvalue weighted by atomic mass is 32.1. The summed E-state index contributed by atoms with van der Waals surface area (Å²) in [7, 11) is 0. The maximum atomic E-state index is 12.6. The van der Waals surface area contributed by atoms with Gasteiger partial charge in [0, 0.05) is 11.3 Å². The van der Waals surface area contributed by atoms with Gasteiger partial charge in [0.1, 0.15) is 11.6 Å². The zero-order valence-electron chi connectivity index (χ0n) is 6.37. The number of phenols is 1. The average Bonchev–Trinajstić information content (AvgIpc) is 2.07. The lowest BCUT2D eigenvalue weighted by Crippen LogP contribution is -1.78. The van der Waals surface area contributed by atoms with Gasteiger partial charge in [-0.05, 0) is 18.2 Å². The molecule has 0 fully saturated rings. The van der Waals surface area contributed by atoms with Crippen LogP contribution in [0.2, 0.25) is 0 Å². The molecule has 0 heterocycles. The van der Waals surface area contributed by atoms with Crippen molar-refractivity contribution < 1.29 is 9.50 Å². The largest absolute Gasteiger partial charge is 0.507 e. The minimum Gasteiger partial charge on any atom is -0.507 e. The van der Waals surface area contributed by atoms with Gasteiger partial charge in [-0.2, -0.15) is 12.6 Å². The van der Waals surface area contributed by atoms with Crippen LogP contribution in [0.4, 0.5) is 4.39 Å². The summed E-state index contributed by atoms with van der Waals surface area (Å²) in [6, 6.07) is 3.82. The van der Waals surface area contributed by atoms with Crippen LogP contribution < -0.4 is 0 Å². The second kappa shape index (κ2) is 4.16. The Balaban J connectivity index is 2.97. The molecule has 0 saturated heterocycles. The second-order valence-corrected chi connectivity index (χ2v) is 2.65. The predicted molar refractivity (Wildman–Crippen MR) is 51.0 cm³/mol. The Hall–Kier alpha value is -0.960. The van der Waals surface area contributed by atoms with Crippen molar-refractivity contribution in [3.8, 4) is 5.75 Å². The van der Waals surface area contributed by atoms with Crippen molar-refractivity contribution >= 4 is 18.7 Å². The Kier molecular flexibility index (Phi) is 3.17. The first-order valence-electron chi connectivity index (χ1n) is 3.50. The van der Waals surface area contributed by atoms with Crippen LogP contribution in [0, 0.1) is 5.82 Å². The Bertz CT molecular complexity index is 297. The van der Waals surface area contributed by atoms with E-state index in [0.29, 0.717) is 11.3 Å². The van der Waals surface area contributed by atoms with Crippen LogP contribution in [0.3, 0.4) is 0 Å². The molecule has 64 valence electrons. The summed E-state index contributed by atoms with van der Waals surface area (Å²) < 4.78 is 12.6. The Morgan fingerprint density at radius 1 is 1.50 bits per heavy atom. The van der Waals surface area contributed by atoms with Crippen LogP contribution in [0.15, 0.2) is 24.3 Å². The van der Waals surface area contributed by atoms with Gasteiger partial charge in [0.05, 0.1) is 0 Å². The van der Waals surface area contributed by atoms with Crippen LogP contribution in [0.25, 0.3) is 6.08 Å². The smallest absolute Gasteiger partial charge is 0.124 e. The van der Waals surface area contributed by atoms with E-state index in [9.17, 15) is 9.50 Å². The summed E-state index contributed by atoms with van der Waals surface area (Å²) in [6.45, 7) is 0. The third kappa shape index (κ3) is 2.27. The molecule has 0 amide bonds. The number of hydrogen-bond donors (Lipinski definition) is 2. The minimum absolute atomic E-state index is 0.0782. The average molecular weight is 184 g/mol. The molecular formula is C9H9FOS. The molecule has 0 radical (unpaired) electrons. The molecule has 1 aromatic carbocycles. The number of benzene rings is 1. The van der Waals surface area contributed by atoms with E-state index in [1.807, 2.05) is 0 Å². The molecule has 0 bridgehead atoms. The maximum absolute atomic E-state index is 12.6. The lowest BCUT2D eigenvalue weighted by atomic mass is 10.2. The second-order valence-electron chi connectivity index (χ2n) is 2.29. The highest BCUT2D eigenvalue weighted by molar-refractivity contribution is 7.80. The molecule has 1 rings (SSSR count). The van der Waals surface area contributed by atoms with E-state index in [0.717, 1.165) is 0 Å². The zero-order chi connectivity index (χ0) is 8.97. The molecule has 0 aromatic heterocycles. The lowest BCUT2D eigenvalue weighted by molar-refractivity contribution is 0.471. The molecule has 1 aromatic rings. The number of aromatic hydroxyl groups is 1. The van der Waals surface area contributed by atoms with E-state index in [1.54, 1.807) is 12.2 Å². The highest BCUT2D eigenvalue weighted by Gasteiger charge is 1.97. The van der Waals surface area contributed by atoms with Gasteiger partial charge in [0.2, 0.25) is 0 Å². The van der Waals surface area contributed by atoms with E-state index >= 15 is 0 Å². The molecule has 0 unspecified atom stereocenters. The molecule has 0 atom stereocenters. The van der Waals surface area contributed by atoms with E-state index in [1.165, 1.54) is 18.2 Å². The summed E-state index contributed by atoms with van der Waals surface area (Å²) in [6.07, 6.45) is 3.36. The number of phenolic OH excluding ortho intramolecular Hbond substituents is 1. The fraction of sp³-hybridized carbons (Fsp3) is 0.111. The molecule has 3 heteroatoms. The van der Waals surface area contributed by atoms with Crippen LogP contribution in [-0.4, -0.2) is 10.9 Å². The molecular weight excluding hydrogens is 175 g/mol. The van der Waals surface area contributed by atoms with Gasteiger partial charge in [0.15, 0.2) is 0 Å². The maximum Gasteiger partial charge on any atom is 0.124 e. The van der Waals surface area contributed by atoms with Crippen molar-refractivity contribution in [2.45, 2.75) is 0 Å². The van der Waals surface area contributed by atoms with Crippen LogP contribution >= 0.6 is 12.6 Å². The first-order chi connectivity index (χ1) is 5.74. The van der Waals surface area contributed by atoms with Gasteiger partial charge in [-0.1, -0.05) is 12.2 Å². The lowest BCUT2D eigenvalue weighted by Gasteiger charge is -1.97. The quantitative estimate of drug-likeness (QED) is 0.676. The molecule has 0 aliphatic heterocycles. The monoisotopic (exact) mass is 184 g/mol. The summed E-state index contributed by atoms with van der Waals surface area (Å²) in [4.78, 5) is 0. The molecule has 0 saturated carbocycles. The van der Waals surface area contributed by atoms with E-state index in [4.69, 9.17) is 0 Å². The fourth-order valence-electron chi connectivity index (χ4n) is 0.839. The highest BCUT2D eigenvalue weighted by Crippen LogP contribution is 2.18. The molecule has 1 N–H and O–H groups in total. The standard InChI is InChI=1S/C9H9FOS/c10-8-3-4-9(11)7(6-8)2-1-5-12/h1-4,6,11-12H,5H2. The van der Waals surface area contributed by atoms with Gasteiger partial charge >= 0.3 is 0 Å². The first-order valence-corrected chi connectivity index (χ1v) is 4.13. The van der Waals surface area contributed by atoms with E-state index in [-0.39, 0.29) is 11.6 Å². The molecule has 1 nitrogen and oxygen atoms in total. The first kappa shape index (κ1) is 9.13. The molecule has 12 heavy (non-hydrogen) atoms. The zero-order valence-corrected chi connectivity index (χ0v) is 7.26. The molecule has 0 aliphatic rings. The summed E-state index contributed by atoms with van der Waals surface area (Å²) >= 11 is 3.95. The van der Waals surface area contributed by atoms with E-state index in [2.05, 4.69) is 12.6 Å². The van der Waals surface area contributed by atoms with Crippen molar-refractivity contribution in [1.29, 1.82) is 0 Å². The van der Waals surface area contributed by atoms with Gasteiger partial charge < -0.3 is 5.11 Å². The van der Waals surface area contributed by atoms with Crippen molar-refractivity contribution in [3.63, 3.8) is 0 Å². The van der Waals surface area contributed by atoms with Gasteiger partial charge in [-0.15, -0.1) is 0 Å². The number of hydrogen-bond acceptors (Lipinski definition) is 2. The van der Waals surface area contributed by atoms with E-state index < -0.39 is 0 Å². The van der Waals surface area contributed by atoms with Crippen molar-refractivity contribution in [2.24, 2.45) is 0 Å². The van der Waals surface area contributed by atoms with Crippen LogP contribution in [-0.2, 0) is 0 Å². The Morgan fingerprint density at radius 2 is 2.25 bits per heavy atom. The predicted octanol–water partition coefficient (Wildman–Crippen LogP) is 2.47. The van der Waals surface area contributed by atoms with Gasteiger partial charge in [-0.25, -0.2) is 4.39 Å². The van der Waals surface area contributed by atoms with Gasteiger partial charge in [0.25, 0.3) is 0 Å². The van der Waals surface area contributed by atoms with Crippen molar-refractivity contribution in [2.75, 3.05) is 5.75 Å². The SMILES string of the molecule is Oc1ccc(F)cc1C=CCS. The number of halogens is 1. The fourth-order valence-corrected chi connectivity index (χ4v) is 0.944. The van der Waals surface area contributed by atoms with Crippen LogP contribution in [0.5, 0.6) is 5.75 Å². The third-order valence-electron chi connectivity index (χ3n) is 1.39. The Labute approximate surface area is 76.0 Å². The summed E-state index contributed by atoms with van der Waals surface area (Å²) in [5.41, 5.74) is 0.476. The Morgan fingerprint density at radius 3 is 2.92 bits per heavy atom. The van der Waals surface area contributed by atoms with Gasteiger partial charge in [-0.3, -0.25) is 0 Å².